The van der Waals surface area contributed by atoms with Crippen molar-refractivity contribution >= 4 is 45.9 Å². The third-order valence-electron chi connectivity index (χ3n) is 3.99. The van der Waals surface area contributed by atoms with Crippen LogP contribution in [-0.2, 0) is 10.5 Å². The van der Waals surface area contributed by atoms with E-state index >= 15 is 0 Å². The van der Waals surface area contributed by atoms with Crippen LogP contribution in [0.15, 0.2) is 33.0 Å². The Hall–Kier alpha value is -2.39. The van der Waals surface area contributed by atoms with E-state index in [1.165, 1.54) is 23.1 Å². The summed E-state index contributed by atoms with van der Waals surface area (Å²) >= 11 is 3.01. The van der Waals surface area contributed by atoms with Gasteiger partial charge in [-0.05, 0) is 40.7 Å². The highest BCUT2D eigenvalue weighted by molar-refractivity contribution is 8.00. The molecule has 2 aromatic heterocycles. The van der Waals surface area contributed by atoms with E-state index in [9.17, 15) is 9.59 Å². The lowest BCUT2D eigenvalue weighted by atomic mass is 10.1. The molecule has 2 heterocycles. The SMILES string of the molecule is Cc1nnc(SCc2c(C(=O)NC(C)C(=O)NC(C)(C)C)oc3ccccc23)s1. The minimum Gasteiger partial charge on any atom is -0.451 e. The van der Waals surface area contributed by atoms with Gasteiger partial charge in [0.25, 0.3) is 5.91 Å². The van der Waals surface area contributed by atoms with Crippen molar-refractivity contribution in [1.82, 2.24) is 20.8 Å². The smallest absolute Gasteiger partial charge is 0.288 e. The number of hydrogen-bond donors (Lipinski definition) is 2. The van der Waals surface area contributed by atoms with Gasteiger partial charge in [-0.25, -0.2) is 0 Å². The van der Waals surface area contributed by atoms with Gasteiger partial charge in [-0.1, -0.05) is 41.3 Å². The highest BCUT2D eigenvalue weighted by Crippen LogP contribution is 2.33. The molecule has 154 valence electrons. The van der Waals surface area contributed by atoms with Crippen molar-refractivity contribution in [2.24, 2.45) is 0 Å². The van der Waals surface area contributed by atoms with Crippen LogP contribution >= 0.6 is 23.1 Å². The Bertz CT molecular complexity index is 1040. The minimum absolute atomic E-state index is 0.218. The molecule has 0 bridgehead atoms. The fourth-order valence-electron chi connectivity index (χ4n) is 2.70. The maximum atomic E-state index is 12.9. The average molecular weight is 433 g/mol. The number of carbonyl (C=O) groups excluding carboxylic acids is 2. The van der Waals surface area contributed by atoms with Crippen LogP contribution in [0.25, 0.3) is 11.0 Å². The summed E-state index contributed by atoms with van der Waals surface area (Å²) in [6.07, 6.45) is 0. The lowest BCUT2D eigenvalue weighted by molar-refractivity contribution is -0.124. The first kappa shape index (κ1) is 21.3. The molecule has 2 amide bonds. The van der Waals surface area contributed by atoms with E-state index in [-0.39, 0.29) is 17.2 Å². The zero-order chi connectivity index (χ0) is 21.2. The molecule has 0 aliphatic heterocycles. The van der Waals surface area contributed by atoms with Crippen LogP contribution in [0.4, 0.5) is 0 Å². The van der Waals surface area contributed by atoms with Crippen molar-refractivity contribution in [3.8, 4) is 0 Å². The van der Waals surface area contributed by atoms with Gasteiger partial charge in [0.2, 0.25) is 5.91 Å². The first-order chi connectivity index (χ1) is 13.6. The van der Waals surface area contributed by atoms with Crippen molar-refractivity contribution in [2.75, 3.05) is 0 Å². The van der Waals surface area contributed by atoms with E-state index in [4.69, 9.17) is 4.42 Å². The Labute approximate surface area is 177 Å². The van der Waals surface area contributed by atoms with E-state index in [1.807, 2.05) is 52.0 Å². The number of hydrogen-bond acceptors (Lipinski definition) is 7. The summed E-state index contributed by atoms with van der Waals surface area (Å²) in [5.74, 6) is 0.0659. The van der Waals surface area contributed by atoms with Gasteiger partial charge in [-0.2, -0.15) is 0 Å². The topological polar surface area (TPSA) is 97.1 Å². The van der Waals surface area contributed by atoms with Crippen LogP contribution in [-0.4, -0.2) is 33.6 Å². The number of nitrogens with zero attached hydrogens (tertiary/aromatic N) is 2. The maximum absolute atomic E-state index is 12.9. The van der Waals surface area contributed by atoms with E-state index in [2.05, 4.69) is 20.8 Å². The normalized spacial score (nSPS) is 12.7. The molecule has 0 aliphatic rings. The Morgan fingerprint density at radius 3 is 2.62 bits per heavy atom. The van der Waals surface area contributed by atoms with Crippen LogP contribution in [0.5, 0.6) is 0 Å². The van der Waals surface area contributed by atoms with Crippen LogP contribution in [0, 0.1) is 6.92 Å². The number of aromatic nitrogens is 2. The quantitative estimate of drug-likeness (QED) is 0.573. The number of para-hydroxylation sites is 1. The molecular weight excluding hydrogens is 408 g/mol. The van der Waals surface area contributed by atoms with Gasteiger partial charge < -0.3 is 15.1 Å². The lowest BCUT2D eigenvalue weighted by Crippen LogP contribution is -2.50. The first-order valence-electron chi connectivity index (χ1n) is 9.20. The maximum Gasteiger partial charge on any atom is 0.288 e. The molecule has 3 rings (SSSR count). The Morgan fingerprint density at radius 2 is 1.97 bits per heavy atom. The van der Waals surface area contributed by atoms with Crippen molar-refractivity contribution < 1.29 is 14.0 Å². The summed E-state index contributed by atoms with van der Waals surface area (Å²) in [6, 6.07) is 6.82. The third kappa shape index (κ3) is 5.36. The number of aryl methyl sites for hydroxylation is 1. The number of carbonyl (C=O) groups is 2. The van der Waals surface area contributed by atoms with Gasteiger partial charge in [-0.3, -0.25) is 9.59 Å². The molecule has 1 atom stereocenters. The van der Waals surface area contributed by atoms with E-state index in [0.717, 1.165) is 20.3 Å². The summed E-state index contributed by atoms with van der Waals surface area (Å²) in [5, 5.41) is 15.5. The molecule has 7 nitrogen and oxygen atoms in total. The fraction of sp³-hybridized carbons (Fsp3) is 0.400. The van der Waals surface area contributed by atoms with Gasteiger partial charge in [0, 0.05) is 22.2 Å². The summed E-state index contributed by atoms with van der Waals surface area (Å²) in [5.41, 5.74) is 1.03. The summed E-state index contributed by atoms with van der Waals surface area (Å²) in [4.78, 5) is 25.2. The zero-order valence-electron chi connectivity index (χ0n) is 17.0. The molecule has 0 saturated heterocycles. The zero-order valence-corrected chi connectivity index (χ0v) is 18.7. The summed E-state index contributed by atoms with van der Waals surface area (Å²) in [7, 11) is 0. The van der Waals surface area contributed by atoms with Crippen LogP contribution in [0.3, 0.4) is 0 Å². The van der Waals surface area contributed by atoms with E-state index in [1.54, 1.807) is 6.92 Å². The number of rotatable bonds is 6. The lowest BCUT2D eigenvalue weighted by Gasteiger charge is -2.23. The first-order valence-corrected chi connectivity index (χ1v) is 11.0. The standard InChI is InChI=1S/C20H24N4O3S2/c1-11(17(25)22-20(3,4)5)21-18(26)16-14(10-28-19-24-23-12(2)29-19)13-8-6-7-9-15(13)27-16/h6-9,11H,10H2,1-5H3,(H,21,26)(H,22,25). The Kier molecular flexibility index (Phi) is 6.28. The minimum atomic E-state index is -0.693. The fourth-order valence-corrected chi connectivity index (χ4v) is 4.55. The van der Waals surface area contributed by atoms with Crippen LogP contribution in [0.1, 0.15) is 48.8 Å². The van der Waals surface area contributed by atoms with Gasteiger partial charge in [-0.15, -0.1) is 10.2 Å². The molecule has 0 aliphatic carbocycles. The van der Waals surface area contributed by atoms with Gasteiger partial charge in [0.1, 0.15) is 16.6 Å². The molecule has 0 saturated carbocycles. The second-order valence-electron chi connectivity index (χ2n) is 7.72. The molecule has 2 N–H and O–H groups in total. The molecule has 29 heavy (non-hydrogen) atoms. The highest BCUT2D eigenvalue weighted by Gasteiger charge is 2.25. The summed E-state index contributed by atoms with van der Waals surface area (Å²) < 4.78 is 6.68. The Balaban J connectivity index is 1.82. The molecular formula is C20H24N4O3S2. The van der Waals surface area contributed by atoms with Crippen molar-refractivity contribution in [3.63, 3.8) is 0 Å². The molecule has 3 aromatic rings. The van der Waals surface area contributed by atoms with Crippen molar-refractivity contribution in [2.45, 2.75) is 56.3 Å². The van der Waals surface area contributed by atoms with Crippen molar-refractivity contribution in [3.05, 3.63) is 40.6 Å². The predicted octanol–water partition coefficient (Wildman–Crippen LogP) is 3.92. The number of furan rings is 1. The molecule has 0 radical (unpaired) electrons. The number of fused-ring (bicyclic) bond motifs is 1. The number of thioether (sulfide) groups is 1. The third-order valence-corrected chi connectivity index (χ3v) is 5.99. The second-order valence-corrected chi connectivity index (χ2v) is 10.1. The molecule has 1 aromatic carbocycles. The molecule has 1 unspecified atom stereocenters. The van der Waals surface area contributed by atoms with Crippen LogP contribution < -0.4 is 10.6 Å². The van der Waals surface area contributed by atoms with E-state index in [0.29, 0.717) is 11.3 Å². The van der Waals surface area contributed by atoms with Crippen LogP contribution in [0.2, 0.25) is 0 Å². The monoisotopic (exact) mass is 432 g/mol. The highest BCUT2D eigenvalue weighted by atomic mass is 32.2. The van der Waals surface area contributed by atoms with Gasteiger partial charge in [0.15, 0.2) is 10.1 Å². The van der Waals surface area contributed by atoms with E-state index < -0.39 is 11.9 Å². The number of nitrogens with one attached hydrogen (secondary N) is 2. The number of amides is 2. The summed E-state index contributed by atoms with van der Waals surface area (Å²) in [6.45, 7) is 9.23. The molecule has 0 spiro atoms. The average Bonchev–Trinajstić information content (AvgIpc) is 3.21. The largest absolute Gasteiger partial charge is 0.451 e. The van der Waals surface area contributed by atoms with Gasteiger partial charge >= 0.3 is 0 Å². The second kappa shape index (κ2) is 8.54. The predicted molar refractivity (Wildman–Crippen MR) is 115 cm³/mol. The number of benzene rings is 1. The molecule has 9 heteroatoms. The Morgan fingerprint density at radius 1 is 1.24 bits per heavy atom. The van der Waals surface area contributed by atoms with Crippen molar-refractivity contribution in [1.29, 1.82) is 0 Å². The molecule has 0 fully saturated rings. The van der Waals surface area contributed by atoms with Gasteiger partial charge in [0.05, 0.1) is 0 Å².